The average molecular weight is 371 g/mol. The van der Waals surface area contributed by atoms with Crippen molar-refractivity contribution >= 4 is 23.1 Å². The van der Waals surface area contributed by atoms with Crippen LogP contribution in [-0.2, 0) is 11.2 Å². The second kappa shape index (κ2) is 9.66. The van der Waals surface area contributed by atoms with E-state index in [1.165, 1.54) is 13.0 Å². The number of nitrogen functional groups attached to an aromatic ring is 1. The fraction of sp³-hybridized carbons (Fsp3) is 0.214. The van der Waals surface area contributed by atoms with Crippen molar-refractivity contribution in [3.8, 4) is 0 Å². The quantitative estimate of drug-likeness (QED) is 0.488. The number of rotatable bonds is 4. The third-order valence-electron chi connectivity index (χ3n) is 2.58. The van der Waals surface area contributed by atoms with E-state index in [1.807, 2.05) is 0 Å². The molecule has 0 saturated carbocycles. The lowest BCUT2D eigenvalue weighted by Crippen LogP contribution is -2.04. The predicted octanol–water partition coefficient (Wildman–Crippen LogP) is 2.61. The molecule has 140 valence electrons. The molecule has 0 spiro atoms. The molecule has 2 N–H and O–H groups in total. The molecule has 0 radical (unpaired) electrons. The van der Waals surface area contributed by atoms with Crippen molar-refractivity contribution in [1.82, 2.24) is 9.97 Å². The van der Waals surface area contributed by atoms with E-state index in [1.54, 1.807) is 0 Å². The highest BCUT2D eigenvalue weighted by atomic mass is 19.1. The smallest absolute Gasteiger partial charge is 0.389 e. The molecule has 2 aromatic heterocycles. The van der Waals surface area contributed by atoms with E-state index in [0.29, 0.717) is 0 Å². The monoisotopic (exact) mass is 371 g/mol. The Bertz CT molecular complexity index is 831. The normalized spacial score (nSPS) is 9.35. The lowest BCUT2D eigenvalue weighted by Gasteiger charge is -1.98. The number of hydrogen-bond acceptors (Lipinski definition) is 8. The number of ketones is 1. The molecule has 0 aliphatic rings. The topological polar surface area (TPSA) is 155 Å². The molecule has 0 fully saturated rings. The number of nitro groups is 2. The molecule has 0 bridgehead atoms. The second-order valence-electron chi connectivity index (χ2n) is 4.56. The van der Waals surface area contributed by atoms with Gasteiger partial charge in [-0.15, -0.1) is 0 Å². The van der Waals surface area contributed by atoms with E-state index in [4.69, 9.17) is 5.73 Å². The van der Waals surface area contributed by atoms with Crippen molar-refractivity contribution in [2.45, 2.75) is 20.8 Å². The van der Waals surface area contributed by atoms with Gasteiger partial charge < -0.3 is 26.0 Å². The van der Waals surface area contributed by atoms with Crippen molar-refractivity contribution in [3.63, 3.8) is 0 Å². The molecule has 0 atom stereocenters. The summed E-state index contributed by atoms with van der Waals surface area (Å²) < 4.78 is 24.8. The number of pyridine rings is 2. The summed E-state index contributed by atoms with van der Waals surface area (Å²) in [5.41, 5.74) is 5.11. The number of hydrogen-bond donors (Lipinski definition) is 1. The first-order valence-corrected chi connectivity index (χ1v) is 6.47. The Kier molecular flexibility index (Phi) is 8.33. The summed E-state index contributed by atoms with van der Waals surface area (Å²) in [6.07, 6.45) is -0.108. The van der Waals surface area contributed by atoms with Crippen molar-refractivity contribution in [2.24, 2.45) is 0 Å². The van der Waals surface area contributed by atoms with Gasteiger partial charge in [0.25, 0.3) is 0 Å². The highest BCUT2D eigenvalue weighted by molar-refractivity contribution is 5.79. The first-order chi connectivity index (χ1) is 11.6. The van der Waals surface area contributed by atoms with Crippen LogP contribution in [0, 0.1) is 32.1 Å². The van der Waals surface area contributed by atoms with Gasteiger partial charge in [0.1, 0.15) is 11.5 Å². The van der Waals surface area contributed by atoms with E-state index >= 15 is 0 Å². The summed E-state index contributed by atoms with van der Waals surface area (Å²) in [4.78, 5) is 35.7. The van der Waals surface area contributed by atoms with Gasteiger partial charge in [-0.1, -0.05) is 7.43 Å². The Morgan fingerprint density at radius 2 is 1.50 bits per heavy atom. The lowest BCUT2D eigenvalue weighted by atomic mass is 10.1. The zero-order valence-electron chi connectivity index (χ0n) is 12.7. The van der Waals surface area contributed by atoms with Gasteiger partial charge in [-0.25, -0.2) is 0 Å². The standard InChI is InChI=1S/C8H7FN2O3.C5H4FN3O2.CH4/c1-5(12)4-6-2-3-7(9)10-8(6)11(13)14;6-4-2-1-3(7)5(8-4)9(10)11;/h2-3H,4H2,1H3;1-2H,7H2;1H4. The molecule has 0 amide bonds. The number of nitrogens with two attached hydrogens (primary N) is 1. The maximum Gasteiger partial charge on any atom is 0.389 e. The van der Waals surface area contributed by atoms with Crippen molar-refractivity contribution in [2.75, 3.05) is 5.73 Å². The SMILES string of the molecule is C.CC(=O)Cc1ccc(F)nc1[N+](=O)[O-].Nc1ccc(F)nc1[N+](=O)[O-]. The van der Waals surface area contributed by atoms with Crippen LogP contribution in [0.3, 0.4) is 0 Å². The van der Waals surface area contributed by atoms with Crippen LogP contribution in [0.15, 0.2) is 24.3 Å². The van der Waals surface area contributed by atoms with Crippen molar-refractivity contribution < 1.29 is 23.4 Å². The predicted molar refractivity (Wildman–Crippen MR) is 87.2 cm³/mol. The van der Waals surface area contributed by atoms with Crippen LogP contribution in [0.25, 0.3) is 0 Å². The summed E-state index contributed by atoms with van der Waals surface area (Å²) in [6.45, 7) is 1.30. The molecule has 10 nitrogen and oxygen atoms in total. The fourth-order valence-corrected chi connectivity index (χ4v) is 1.60. The minimum Gasteiger partial charge on any atom is -0.392 e. The Hall–Kier alpha value is -3.57. The van der Waals surface area contributed by atoms with E-state index in [9.17, 15) is 33.8 Å². The first-order valence-electron chi connectivity index (χ1n) is 6.47. The highest BCUT2D eigenvalue weighted by Gasteiger charge is 2.18. The molecule has 12 heteroatoms. The van der Waals surface area contributed by atoms with E-state index in [-0.39, 0.29) is 30.9 Å². The van der Waals surface area contributed by atoms with Crippen LogP contribution < -0.4 is 5.73 Å². The lowest BCUT2D eigenvalue weighted by molar-refractivity contribution is -0.390. The van der Waals surface area contributed by atoms with Gasteiger partial charge in [0, 0.05) is 18.6 Å². The van der Waals surface area contributed by atoms with Crippen molar-refractivity contribution in [1.29, 1.82) is 0 Å². The molecular formula is C14H15F2N5O5. The molecule has 2 heterocycles. The number of Topliss-reactive ketones (excluding diaryl/α,β-unsaturated/α-hetero) is 1. The molecule has 0 aliphatic heterocycles. The Labute approximate surface area is 146 Å². The Morgan fingerprint density at radius 3 is 1.92 bits per heavy atom. The van der Waals surface area contributed by atoms with Crippen LogP contribution in [-0.4, -0.2) is 25.6 Å². The minimum atomic E-state index is -0.927. The van der Waals surface area contributed by atoms with E-state index in [0.717, 1.165) is 18.2 Å². The van der Waals surface area contributed by atoms with Gasteiger partial charge in [-0.2, -0.15) is 8.78 Å². The molecule has 0 unspecified atom stereocenters. The highest BCUT2D eigenvalue weighted by Crippen LogP contribution is 2.17. The molecule has 0 aliphatic carbocycles. The Balaban J connectivity index is 0.000000475. The summed E-state index contributed by atoms with van der Waals surface area (Å²) in [5.74, 6) is -3.32. The fourth-order valence-electron chi connectivity index (χ4n) is 1.60. The van der Waals surface area contributed by atoms with Crippen LogP contribution >= 0.6 is 0 Å². The van der Waals surface area contributed by atoms with Crippen LogP contribution in [0.1, 0.15) is 19.9 Å². The molecule has 0 saturated heterocycles. The maximum atomic E-state index is 12.5. The summed E-state index contributed by atoms with van der Waals surface area (Å²) in [7, 11) is 0. The maximum absolute atomic E-state index is 12.5. The van der Waals surface area contributed by atoms with Gasteiger partial charge >= 0.3 is 23.5 Å². The minimum absolute atomic E-state index is 0. The summed E-state index contributed by atoms with van der Waals surface area (Å²) >= 11 is 0. The average Bonchev–Trinajstić information content (AvgIpc) is 2.51. The van der Waals surface area contributed by atoms with Gasteiger partial charge in [-0.3, -0.25) is 4.79 Å². The van der Waals surface area contributed by atoms with Crippen LogP contribution in [0.5, 0.6) is 0 Å². The number of carbonyl (C=O) groups excluding carboxylic acids is 1. The van der Waals surface area contributed by atoms with Crippen LogP contribution in [0.2, 0.25) is 0 Å². The van der Waals surface area contributed by atoms with Crippen LogP contribution in [0.4, 0.5) is 26.1 Å². The summed E-state index contributed by atoms with van der Waals surface area (Å²) in [5, 5.41) is 20.5. The first kappa shape index (κ1) is 22.4. The van der Waals surface area contributed by atoms with E-state index < -0.39 is 33.4 Å². The zero-order chi connectivity index (χ0) is 19.1. The van der Waals surface area contributed by atoms with Gasteiger partial charge in [0.05, 0.1) is 5.56 Å². The molecule has 2 rings (SSSR count). The third kappa shape index (κ3) is 6.51. The molecule has 26 heavy (non-hydrogen) atoms. The number of aromatic nitrogens is 2. The number of nitrogens with zero attached hydrogens (tertiary/aromatic N) is 4. The second-order valence-corrected chi connectivity index (χ2v) is 4.56. The molecule has 0 aromatic carbocycles. The molecule has 2 aromatic rings. The van der Waals surface area contributed by atoms with Gasteiger partial charge in [0.15, 0.2) is 0 Å². The number of halogens is 2. The zero-order valence-corrected chi connectivity index (χ0v) is 12.7. The summed E-state index contributed by atoms with van der Waals surface area (Å²) in [6, 6.07) is 4.25. The van der Waals surface area contributed by atoms with Gasteiger partial charge in [0.2, 0.25) is 0 Å². The van der Waals surface area contributed by atoms with Crippen molar-refractivity contribution in [3.05, 3.63) is 62.0 Å². The van der Waals surface area contributed by atoms with E-state index in [2.05, 4.69) is 9.97 Å². The largest absolute Gasteiger partial charge is 0.392 e. The number of carbonyl (C=O) groups is 1. The third-order valence-corrected chi connectivity index (χ3v) is 2.58. The molecular weight excluding hydrogens is 356 g/mol. The van der Waals surface area contributed by atoms with Gasteiger partial charge in [-0.05, 0) is 38.9 Å². The Morgan fingerprint density at radius 1 is 1.04 bits per heavy atom. The number of anilines is 1.